The molecule has 3 aromatic carbocycles. The van der Waals surface area contributed by atoms with Crippen LogP contribution >= 0.6 is 0 Å². The summed E-state index contributed by atoms with van der Waals surface area (Å²) in [7, 11) is 0. The van der Waals surface area contributed by atoms with Gasteiger partial charge in [0.25, 0.3) is 5.91 Å². The number of aryl methyl sites for hydroxylation is 1. The number of hydrogen-bond donors (Lipinski definition) is 2. The topological polar surface area (TPSA) is 87.7 Å². The van der Waals surface area contributed by atoms with Crippen molar-refractivity contribution < 1.29 is 23.5 Å². The van der Waals surface area contributed by atoms with Crippen molar-refractivity contribution in [3.63, 3.8) is 0 Å². The van der Waals surface area contributed by atoms with Gasteiger partial charge in [-0.3, -0.25) is 14.5 Å². The number of urea groups is 1. The van der Waals surface area contributed by atoms with Gasteiger partial charge in [0, 0.05) is 5.69 Å². The number of carbonyl (C=O) groups excluding carboxylic acids is 3. The number of hydrogen-bond acceptors (Lipinski definition) is 4. The van der Waals surface area contributed by atoms with Gasteiger partial charge in [0.15, 0.2) is 0 Å². The predicted octanol–water partition coefficient (Wildman–Crippen LogP) is 4.72. The Kier molecular flexibility index (Phi) is 6.32. The molecule has 0 spiro atoms. The van der Waals surface area contributed by atoms with Crippen LogP contribution in [0.5, 0.6) is 11.5 Å². The van der Waals surface area contributed by atoms with Gasteiger partial charge in [-0.05, 0) is 73.0 Å². The first kappa shape index (κ1) is 23.0. The van der Waals surface area contributed by atoms with Crippen molar-refractivity contribution >= 4 is 23.5 Å². The predicted molar refractivity (Wildman–Crippen MR) is 125 cm³/mol. The maximum atomic E-state index is 13.3. The van der Waals surface area contributed by atoms with Crippen LogP contribution < -0.4 is 15.4 Å². The number of nitrogens with one attached hydrogen (secondary N) is 2. The Morgan fingerprint density at radius 2 is 1.74 bits per heavy atom. The summed E-state index contributed by atoms with van der Waals surface area (Å²) in [5.41, 5.74) is 0.698. The smallest absolute Gasteiger partial charge is 0.325 e. The highest BCUT2D eigenvalue weighted by atomic mass is 19.1. The molecule has 7 nitrogen and oxygen atoms in total. The first-order valence-corrected chi connectivity index (χ1v) is 10.9. The molecule has 2 N–H and O–H groups in total. The molecule has 0 aliphatic carbocycles. The third kappa shape index (κ3) is 4.61. The van der Waals surface area contributed by atoms with Gasteiger partial charge in [0.1, 0.15) is 29.4 Å². The zero-order valence-electron chi connectivity index (χ0n) is 18.8. The van der Waals surface area contributed by atoms with Gasteiger partial charge in [-0.1, -0.05) is 31.2 Å². The molecule has 174 valence electrons. The van der Waals surface area contributed by atoms with Gasteiger partial charge in [-0.2, -0.15) is 0 Å². The molecule has 1 atom stereocenters. The molecule has 1 aliphatic rings. The van der Waals surface area contributed by atoms with Crippen LogP contribution in [-0.4, -0.2) is 29.3 Å². The van der Waals surface area contributed by atoms with Crippen molar-refractivity contribution in [2.45, 2.75) is 25.8 Å². The third-order valence-electron chi connectivity index (χ3n) is 5.71. The zero-order chi connectivity index (χ0) is 24.3. The SMILES string of the molecule is CCC1(c2ccc(F)cc2)NC(=O)N(CC(=O)Nc2ccc(Oc3cccc(C)c3)cc2)C1=O. The molecule has 8 heteroatoms. The van der Waals surface area contributed by atoms with Gasteiger partial charge in [-0.15, -0.1) is 0 Å². The van der Waals surface area contributed by atoms with E-state index in [1.807, 2.05) is 31.2 Å². The lowest BCUT2D eigenvalue weighted by molar-refractivity contribution is -0.134. The van der Waals surface area contributed by atoms with Crippen molar-refractivity contribution in [3.05, 3.63) is 89.7 Å². The largest absolute Gasteiger partial charge is 0.457 e. The van der Waals surface area contributed by atoms with Crippen LogP contribution in [0.15, 0.2) is 72.8 Å². The first-order valence-electron chi connectivity index (χ1n) is 10.9. The van der Waals surface area contributed by atoms with E-state index in [2.05, 4.69) is 10.6 Å². The molecule has 0 bridgehead atoms. The van der Waals surface area contributed by atoms with Crippen LogP contribution in [0.4, 0.5) is 14.9 Å². The van der Waals surface area contributed by atoms with Gasteiger partial charge in [0.2, 0.25) is 5.91 Å². The zero-order valence-corrected chi connectivity index (χ0v) is 18.8. The summed E-state index contributed by atoms with van der Waals surface area (Å²) in [6.45, 7) is 3.27. The van der Waals surface area contributed by atoms with Crippen molar-refractivity contribution in [1.82, 2.24) is 10.2 Å². The lowest BCUT2D eigenvalue weighted by Gasteiger charge is -2.25. The van der Waals surface area contributed by atoms with Crippen LogP contribution in [0.3, 0.4) is 0 Å². The number of nitrogens with zero attached hydrogens (tertiary/aromatic N) is 1. The fourth-order valence-corrected chi connectivity index (χ4v) is 3.91. The average Bonchev–Trinajstić information content (AvgIpc) is 3.06. The number of rotatable bonds is 7. The van der Waals surface area contributed by atoms with Crippen molar-refractivity contribution in [1.29, 1.82) is 0 Å². The van der Waals surface area contributed by atoms with E-state index in [0.717, 1.165) is 10.5 Å². The number of halogens is 1. The minimum absolute atomic E-state index is 0.254. The first-order chi connectivity index (χ1) is 16.3. The summed E-state index contributed by atoms with van der Waals surface area (Å²) < 4.78 is 19.1. The number of carbonyl (C=O) groups is 3. The van der Waals surface area contributed by atoms with Crippen LogP contribution in [-0.2, 0) is 15.1 Å². The molecule has 4 amide bonds. The Hall–Kier alpha value is -4.20. The van der Waals surface area contributed by atoms with E-state index >= 15 is 0 Å². The lowest BCUT2D eigenvalue weighted by Crippen LogP contribution is -2.44. The second-order valence-corrected chi connectivity index (χ2v) is 8.08. The molecule has 3 aromatic rings. The molecular weight excluding hydrogens is 437 g/mol. The Balaban J connectivity index is 1.41. The maximum Gasteiger partial charge on any atom is 0.325 e. The second kappa shape index (κ2) is 9.35. The van der Waals surface area contributed by atoms with E-state index in [9.17, 15) is 18.8 Å². The molecule has 1 saturated heterocycles. The minimum atomic E-state index is -1.33. The van der Waals surface area contributed by atoms with Crippen molar-refractivity contribution in [3.8, 4) is 11.5 Å². The van der Waals surface area contributed by atoms with Crippen molar-refractivity contribution in [2.75, 3.05) is 11.9 Å². The van der Waals surface area contributed by atoms with Crippen LogP contribution in [0.1, 0.15) is 24.5 Å². The Morgan fingerprint density at radius 1 is 1.03 bits per heavy atom. The van der Waals surface area contributed by atoms with Crippen molar-refractivity contribution in [2.24, 2.45) is 0 Å². The highest BCUT2D eigenvalue weighted by Gasteiger charge is 2.51. The van der Waals surface area contributed by atoms with Gasteiger partial charge >= 0.3 is 6.03 Å². The molecule has 34 heavy (non-hydrogen) atoms. The number of ether oxygens (including phenoxy) is 1. The quantitative estimate of drug-likeness (QED) is 0.499. The molecule has 1 heterocycles. The summed E-state index contributed by atoms with van der Waals surface area (Å²) in [6.07, 6.45) is 0.254. The molecule has 4 rings (SSSR count). The average molecular weight is 461 g/mol. The number of anilines is 1. The molecule has 0 saturated carbocycles. The van der Waals surface area contributed by atoms with Crippen LogP contribution in [0.25, 0.3) is 0 Å². The Bertz CT molecular complexity index is 1230. The summed E-state index contributed by atoms with van der Waals surface area (Å²) in [4.78, 5) is 39.1. The van der Waals surface area contributed by atoms with Crippen LogP contribution in [0.2, 0.25) is 0 Å². The van der Waals surface area contributed by atoms with Crippen LogP contribution in [0, 0.1) is 12.7 Å². The summed E-state index contributed by atoms with van der Waals surface area (Å²) in [6, 6.07) is 19.1. The third-order valence-corrected chi connectivity index (χ3v) is 5.71. The number of imide groups is 1. The Labute approximate surface area is 196 Å². The summed E-state index contributed by atoms with van der Waals surface area (Å²) in [5.74, 6) is -0.218. The Morgan fingerprint density at radius 3 is 2.38 bits per heavy atom. The fourth-order valence-electron chi connectivity index (χ4n) is 3.91. The highest BCUT2D eigenvalue weighted by molar-refractivity contribution is 6.10. The summed E-state index contributed by atoms with van der Waals surface area (Å²) in [5, 5.41) is 5.36. The molecular formula is C26H24FN3O4. The number of amides is 4. The lowest BCUT2D eigenvalue weighted by atomic mass is 9.87. The van der Waals surface area contributed by atoms with E-state index in [-0.39, 0.29) is 6.42 Å². The van der Waals surface area contributed by atoms with E-state index in [1.165, 1.54) is 24.3 Å². The standard InChI is InChI=1S/C26H24FN3O4/c1-3-26(18-7-9-19(27)10-8-18)24(32)30(25(33)29-26)16-23(31)28-20-11-13-21(14-12-20)34-22-6-4-5-17(2)15-22/h4-15H,3,16H2,1-2H3,(H,28,31)(H,29,33). The van der Waals surface area contributed by atoms with E-state index < -0.39 is 35.7 Å². The molecule has 0 radical (unpaired) electrons. The molecule has 0 aromatic heterocycles. The van der Waals surface area contributed by atoms with Gasteiger partial charge in [-0.25, -0.2) is 9.18 Å². The highest BCUT2D eigenvalue weighted by Crippen LogP contribution is 2.32. The second-order valence-electron chi connectivity index (χ2n) is 8.08. The van der Waals surface area contributed by atoms with Gasteiger partial charge in [0.05, 0.1) is 0 Å². The van der Waals surface area contributed by atoms with E-state index in [0.29, 0.717) is 22.7 Å². The maximum absolute atomic E-state index is 13.3. The molecule has 1 fully saturated rings. The normalized spacial score (nSPS) is 17.4. The monoisotopic (exact) mass is 461 g/mol. The fraction of sp³-hybridized carbons (Fsp3) is 0.192. The van der Waals surface area contributed by atoms with Gasteiger partial charge < -0.3 is 15.4 Å². The van der Waals surface area contributed by atoms with E-state index in [1.54, 1.807) is 31.2 Å². The van der Waals surface area contributed by atoms with E-state index in [4.69, 9.17) is 4.74 Å². The summed E-state index contributed by atoms with van der Waals surface area (Å²) >= 11 is 0. The molecule has 1 unspecified atom stereocenters. The minimum Gasteiger partial charge on any atom is -0.457 e. The molecule has 1 aliphatic heterocycles. The number of benzene rings is 3.